The number of rotatable bonds is 3. The monoisotopic (exact) mass is 203 g/mol. The first kappa shape index (κ1) is 10.2. The maximum atomic E-state index is 5.79. The van der Waals surface area contributed by atoms with Crippen LogP contribution in [0.4, 0.5) is 0 Å². The maximum absolute atomic E-state index is 5.79. The van der Waals surface area contributed by atoms with Gasteiger partial charge >= 0.3 is 0 Å². The minimum absolute atomic E-state index is 0.579. The predicted molar refractivity (Wildman–Crippen MR) is 62.7 cm³/mol. The van der Waals surface area contributed by atoms with Crippen molar-refractivity contribution in [3.63, 3.8) is 0 Å². The van der Waals surface area contributed by atoms with E-state index in [1.54, 1.807) is 0 Å². The summed E-state index contributed by atoms with van der Waals surface area (Å²) < 4.78 is 0. The van der Waals surface area contributed by atoms with Crippen molar-refractivity contribution in [3.8, 4) is 0 Å². The van der Waals surface area contributed by atoms with E-state index in [0.717, 1.165) is 24.2 Å². The first-order chi connectivity index (χ1) is 7.27. The molecule has 0 unspecified atom stereocenters. The van der Waals surface area contributed by atoms with Gasteiger partial charge in [0.1, 0.15) is 5.65 Å². The average Bonchev–Trinajstić information content (AvgIpc) is 2.66. The average molecular weight is 203 g/mol. The van der Waals surface area contributed by atoms with E-state index in [2.05, 4.69) is 23.0 Å². The van der Waals surface area contributed by atoms with Crippen molar-refractivity contribution in [3.05, 3.63) is 29.1 Å². The molecule has 0 aromatic carbocycles. The number of nitrogens with two attached hydrogens (primary N) is 1. The second kappa shape index (κ2) is 4.03. The topological polar surface area (TPSA) is 54.7 Å². The molecule has 3 N–H and O–H groups in total. The third-order valence-corrected chi connectivity index (χ3v) is 2.83. The van der Waals surface area contributed by atoms with Crippen LogP contribution in [0.3, 0.4) is 0 Å². The highest BCUT2D eigenvalue weighted by Gasteiger charge is 2.10. The normalized spacial score (nSPS) is 11.1. The van der Waals surface area contributed by atoms with E-state index < -0.39 is 0 Å². The predicted octanol–water partition coefficient (Wildman–Crippen LogP) is 2.28. The highest BCUT2D eigenvalue weighted by atomic mass is 14.9. The van der Waals surface area contributed by atoms with Crippen LogP contribution >= 0.6 is 0 Å². The molecule has 15 heavy (non-hydrogen) atoms. The molecule has 2 heterocycles. The van der Waals surface area contributed by atoms with Gasteiger partial charge in [0.15, 0.2) is 0 Å². The van der Waals surface area contributed by atoms with Crippen LogP contribution in [0, 0.1) is 6.92 Å². The third-order valence-electron chi connectivity index (χ3n) is 2.83. The van der Waals surface area contributed by atoms with Crippen molar-refractivity contribution in [2.45, 2.75) is 33.2 Å². The van der Waals surface area contributed by atoms with Crippen molar-refractivity contribution in [1.29, 1.82) is 0 Å². The minimum atomic E-state index is 0.579. The minimum Gasteiger partial charge on any atom is -0.346 e. The number of nitrogens with one attached hydrogen (secondary N) is 1. The fourth-order valence-electron chi connectivity index (χ4n) is 2.12. The molecule has 0 radical (unpaired) electrons. The van der Waals surface area contributed by atoms with Crippen LogP contribution < -0.4 is 5.73 Å². The van der Waals surface area contributed by atoms with Gasteiger partial charge < -0.3 is 10.7 Å². The second-order valence-electron chi connectivity index (χ2n) is 3.85. The molecular formula is C12H17N3. The maximum Gasteiger partial charge on any atom is 0.137 e. The van der Waals surface area contributed by atoms with Gasteiger partial charge in [-0.2, -0.15) is 0 Å². The highest BCUT2D eigenvalue weighted by molar-refractivity contribution is 5.81. The first-order valence-corrected chi connectivity index (χ1v) is 5.43. The molecule has 0 fully saturated rings. The Labute approximate surface area is 89.7 Å². The van der Waals surface area contributed by atoms with Gasteiger partial charge in [-0.1, -0.05) is 13.3 Å². The molecule has 0 amide bonds. The molecular weight excluding hydrogens is 186 g/mol. The zero-order valence-corrected chi connectivity index (χ0v) is 9.30. The van der Waals surface area contributed by atoms with Crippen LogP contribution in [0.1, 0.15) is 30.2 Å². The summed E-state index contributed by atoms with van der Waals surface area (Å²) in [5.41, 5.74) is 10.4. The number of nitrogens with zero attached hydrogens (tertiary/aromatic N) is 1. The molecule has 0 spiro atoms. The molecule has 0 aliphatic rings. The number of hydrogen-bond acceptors (Lipinski definition) is 2. The van der Waals surface area contributed by atoms with Gasteiger partial charge in [-0.3, -0.25) is 0 Å². The number of H-pyrrole nitrogens is 1. The van der Waals surface area contributed by atoms with Crippen LogP contribution in [-0.2, 0) is 13.0 Å². The largest absolute Gasteiger partial charge is 0.346 e. The zero-order valence-electron chi connectivity index (χ0n) is 9.30. The molecule has 0 saturated heterocycles. The Morgan fingerprint density at radius 2 is 2.20 bits per heavy atom. The summed E-state index contributed by atoms with van der Waals surface area (Å²) >= 11 is 0. The lowest BCUT2D eigenvalue weighted by molar-refractivity contribution is 0.888. The quantitative estimate of drug-likeness (QED) is 0.804. The van der Waals surface area contributed by atoms with E-state index in [4.69, 9.17) is 5.73 Å². The van der Waals surface area contributed by atoms with Gasteiger partial charge in [-0.15, -0.1) is 0 Å². The summed E-state index contributed by atoms with van der Waals surface area (Å²) in [6.07, 6.45) is 4.15. The molecule has 0 atom stereocenters. The molecule has 0 aliphatic carbocycles. The molecule has 3 heteroatoms. The summed E-state index contributed by atoms with van der Waals surface area (Å²) in [5, 5.41) is 1.22. The Hall–Kier alpha value is -1.35. The van der Waals surface area contributed by atoms with Crippen LogP contribution in [0.25, 0.3) is 11.0 Å². The summed E-state index contributed by atoms with van der Waals surface area (Å²) in [7, 11) is 0. The van der Waals surface area contributed by atoms with Crippen LogP contribution in [0.15, 0.2) is 12.3 Å². The van der Waals surface area contributed by atoms with Crippen molar-refractivity contribution in [2.24, 2.45) is 5.73 Å². The highest BCUT2D eigenvalue weighted by Crippen LogP contribution is 2.23. The van der Waals surface area contributed by atoms with Gasteiger partial charge in [0.25, 0.3) is 0 Å². The third kappa shape index (κ3) is 1.63. The number of aromatic nitrogens is 2. The Bertz CT molecular complexity index is 471. The number of aromatic amines is 1. The van der Waals surface area contributed by atoms with Gasteiger partial charge in [0.05, 0.1) is 0 Å². The van der Waals surface area contributed by atoms with Crippen LogP contribution in [-0.4, -0.2) is 9.97 Å². The summed E-state index contributed by atoms with van der Waals surface area (Å²) in [5.74, 6) is 0. The van der Waals surface area contributed by atoms with Gasteiger partial charge in [0.2, 0.25) is 0 Å². The van der Waals surface area contributed by atoms with E-state index in [-0.39, 0.29) is 0 Å². The smallest absolute Gasteiger partial charge is 0.137 e. The van der Waals surface area contributed by atoms with E-state index in [0.29, 0.717) is 6.54 Å². The fourth-order valence-corrected chi connectivity index (χ4v) is 2.12. The number of aryl methyl sites for hydroxylation is 2. The number of hydrogen-bond donors (Lipinski definition) is 2. The molecule has 0 saturated carbocycles. The Kier molecular flexibility index (Phi) is 2.73. The van der Waals surface area contributed by atoms with Crippen molar-refractivity contribution in [1.82, 2.24) is 9.97 Å². The van der Waals surface area contributed by atoms with Gasteiger partial charge in [0, 0.05) is 23.8 Å². The van der Waals surface area contributed by atoms with Crippen LogP contribution in [0.5, 0.6) is 0 Å². The summed E-state index contributed by atoms with van der Waals surface area (Å²) in [4.78, 5) is 7.67. The lowest BCUT2D eigenvalue weighted by Gasteiger charge is -2.11. The van der Waals surface area contributed by atoms with E-state index in [1.807, 2.05) is 13.1 Å². The SMILES string of the molecule is CCCc1c(CN)c(C)nc2[nH]ccc12. The van der Waals surface area contributed by atoms with Gasteiger partial charge in [-0.25, -0.2) is 4.98 Å². The molecule has 0 bridgehead atoms. The van der Waals surface area contributed by atoms with Crippen molar-refractivity contribution < 1.29 is 0 Å². The van der Waals surface area contributed by atoms with Crippen molar-refractivity contribution in [2.75, 3.05) is 0 Å². The molecule has 2 aromatic heterocycles. The molecule has 2 aromatic rings. The molecule has 2 rings (SSSR count). The molecule has 0 aliphatic heterocycles. The fraction of sp³-hybridized carbons (Fsp3) is 0.417. The van der Waals surface area contributed by atoms with E-state index >= 15 is 0 Å². The first-order valence-electron chi connectivity index (χ1n) is 5.43. The summed E-state index contributed by atoms with van der Waals surface area (Å²) in [6, 6.07) is 2.09. The number of fused-ring (bicyclic) bond motifs is 1. The molecule has 3 nitrogen and oxygen atoms in total. The van der Waals surface area contributed by atoms with Crippen LogP contribution in [0.2, 0.25) is 0 Å². The Morgan fingerprint density at radius 3 is 2.87 bits per heavy atom. The van der Waals surface area contributed by atoms with E-state index in [9.17, 15) is 0 Å². The Morgan fingerprint density at radius 1 is 1.40 bits per heavy atom. The lowest BCUT2D eigenvalue weighted by Crippen LogP contribution is -2.06. The Balaban J connectivity index is 2.71. The lowest BCUT2D eigenvalue weighted by atomic mass is 9.99. The number of pyridine rings is 1. The van der Waals surface area contributed by atoms with Crippen molar-refractivity contribution >= 4 is 11.0 Å². The van der Waals surface area contributed by atoms with E-state index in [1.165, 1.54) is 16.5 Å². The van der Waals surface area contributed by atoms with Gasteiger partial charge in [-0.05, 0) is 30.5 Å². The standard InChI is InChI=1S/C12H17N3/c1-3-4-9-10-5-6-14-12(10)15-8(2)11(9)7-13/h5-6H,3-4,7,13H2,1-2H3,(H,14,15). The zero-order chi connectivity index (χ0) is 10.8. The summed E-state index contributed by atoms with van der Waals surface area (Å²) in [6.45, 7) is 4.80. The molecule has 80 valence electrons. The second-order valence-corrected chi connectivity index (χ2v) is 3.85.